The lowest BCUT2D eigenvalue weighted by molar-refractivity contribution is 0.0789. The van der Waals surface area contributed by atoms with Crippen LogP contribution in [0.5, 0.6) is 0 Å². The Hall–Kier alpha value is -2.14. The van der Waals surface area contributed by atoms with Gasteiger partial charge in [-0.25, -0.2) is 4.98 Å². The monoisotopic (exact) mass is 356 g/mol. The molecule has 25 heavy (non-hydrogen) atoms. The molecular weight excluding hydrogens is 332 g/mol. The molecule has 1 amide bonds. The van der Waals surface area contributed by atoms with Crippen molar-refractivity contribution in [1.29, 1.82) is 0 Å². The number of hydrogen-bond acceptors (Lipinski definition) is 4. The average Bonchev–Trinajstić information content (AvgIpc) is 3.19. The van der Waals surface area contributed by atoms with Crippen LogP contribution in [-0.2, 0) is 18.4 Å². The van der Waals surface area contributed by atoms with Crippen molar-refractivity contribution in [3.63, 3.8) is 0 Å². The number of carbonyl (C=O) groups is 1. The van der Waals surface area contributed by atoms with E-state index < -0.39 is 0 Å². The number of aromatic nitrogens is 1. The molecule has 0 aliphatic heterocycles. The molecule has 132 valence electrons. The highest BCUT2D eigenvalue weighted by Gasteiger charge is 2.23. The number of carbonyl (C=O) groups excluding carboxylic acids is 1. The first-order valence-electron chi connectivity index (χ1n) is 8.52. The second kappa shape index (κ2) is 6.64. The molecule has 0 aliphatic rings. The maximum absolute atomic E-state index is 12.8. The van der Waals surface area contributed by atoms with E-state index in [9.17, 15) is 4.79 Å². The van der Waals surface area contributed by atoms with Gasteiger partial charge in [0.2, 0.25) is 0 Å². The van der Waals surface area contributed by atoms with Gasteiger partial charge >= 0.3 is 0 Å². The van der Waals surface area contributed by atoms with Gasteiger partial charge in [0.15, 0.2) is 0 Å². The van der Waals surface area contributed by atoms with Gasteiger partial charge in [-0.1, -0.05) is 45.9 Å². The van der Waals surface area contributed by atoms with Crippen molar-refractivity contribution in [2.24, 2.45) is 0 Å². The summed E-state index contributed by atoms with van der Waals surface area (Å²) in [6.07, 6.45) is 2.50. The molecule has 0 saturated heterocycles. The van der Waals surface area contributed by atoms with E-state index in [0.29, 0.717) is 11.4 Å². The molecule has 0 saturated carbocycles. The van der Waals surface area contributed by atoms with E-state index >= 15 is 0 Å². The fourth-order valence-corrected chi connectivity index (χ4v) is 3.79. The third-order valence-electron chi connectivity index (χ3n) is 4.20. The zero-order chi connectivity index (χ0) is 18.2. The van der Waals surface area contributed by atoms with Crippen LogP contribution in [-0.4, -0.2) is 22.8 Å². The lowest BCUT2D eigenvalue weighted by Crippen LogP contribution is -2.25. The van der Waals surface area contributed by atoms with Crippen LogP contribution in [0.25, 0.3) is 11.0 Å². The summed E-state index contributed by atoms with van der Waals surface area (Å²) >= 11 is 1.48. The molecule has 0 radical (unpaired) electrons. The third-order valence-corrected chi connectivity index (χ3v) is 5.61. The standard InChI is InChI=1S/C20H24N2O2S/c1-6-15-14(13-9-7-8-10-16(13)24-15)12-22(5)18(23)17-11-21-19(25-17)20(2,3)4/h7-11H,6,12H2,1-5H3. The maximum atomic E-state index is 12.8. The predicted molar refractivity (Wildman–Crippen MR) is 102 cm³/mol. The molecule has 3 rings (SSSR count). The van der Waals surface area contributed by atoms with Gasteiger partial charge in [-0.3, -0.25) is 4.79 Å². The molecule has 1 aromatic carbocycles. The van der Waals surface area contributed by atoms with Crippen molar-refractivity contribution in [3.05, 3.63) is 51.7 Å². The van der Waals surface area contributed by atoms with Crippen LogP contribution in [0, 0.1) is 0 Å². The minimum atomic E-state index is -0.0437. The predicted octanol–water partition coefficient (Wildman–Crippen LogP) is 5.02. The quantitative estimate of drug-likeness (QED) is 0.659. The van der Waals surface area contributed by atoms with E-state index in [0.717, 1.165) is 33.7 Å². The zero-order valence-corrected chi connectivity index (χ0v) is 16.2. The molecule has 0 spiro atoms. The SMILES string of the molecule is CCc1oc2ccccc2c1CN(C)C(=O)c1cnc(C(C)(C)C)s1. The molecule has 0 bridgehead atoms. The van der Waals surface area contributed by atoms with Crippen molar-refractivity contribution in [2.45, 2.75) is 46.1 Å². The normalized spacial score (nSPS) is 11.9. The summed E-state index contributed by atoms with van der Waals surface area (Å²) in [5.74, 6) is 0.945. The average molecular weight is 356 g/mol. The first-order chi connectivity index (χ1) is 11.8. The van der Waals surface area contributed by atoms with Crippen LogP contribution in [0.2, 0.25) is 0 Å². The highest BCUT2D eigenvalue weighted by Crippen LogP contribution is 2.30. The zero-order valence-electron chi connectivity index (χ0n) is 15.4. The molecule has 0 fully saturated rings. The fraction of sp³-hybridized carbons (Fsp3) is 0.400. The molecule has 0 atom stereocenters. The first-order valence-corrected chi connectivity index (χ1v) is 9.34. The fourth-order valence-electron chi connectivity index (χ4n) is 2.83. The molecule has 4 nitrogen and oxygen atoms in total. The Bertz CT molecular complexity index is 902. The molecule has 0 unspecified atom stereocenters. The number of fused-ring (bicyclic) bond motifs is 1. The lowest BCUT2D eigenvalue weighted by atomic mass is 9.98. The number of para-hydroxylation sites is 1. The molecule has 0 N–H and O–H groups in total. The smallest absolute Gasteiger partial charge is 0.265 e. The summed E-state index contributed by atoms with van der Waals surface area (Å²) in [7, 11) is 1.83. The molecule has 3 aromatic rings. The number of hydrogen-bond donors (Lipinski definition) is 0. The van der Waals surface area contributed by atoms with Crippen molar-refractivity contribution in [1.82, 2.24) is 9.88 Å². The third kappa shape index (κ3) is 3.47. The van der Waals surface area contributed by atoms with Gasteiger partial charge in [-0.05, 0) is 6.07 Å². The van der Waals surface area contributed by atoms with Crippen LogP contribution in [0.15, 0.2) is 34.9 Å². The van der Waals surface area contributed by atoms with Crippen molar-refractivity contribution < 1.29 is 9.21 Å². The Kier molecular flexibility index (Phi) is 4.69. The van der Waals surface area contributed by atoms with Crippen LogP contribution < -0.4 is 0 Å². The van der Waals surface area contributed by atoms with Gasteiger partial charge in [-0.2, -0.15) is 0 Å². The number of amides is 1. The lowest BCUT2D eigenvalue weighted by Gasteiger charge is -2.17. The second-order valence-corrected chi connectivity index (χ2v) is 8.33. The summed E-state index contributed by atoms with van der Waals surface area (Å²) in [4.78, 5) is 19.7. The Morgan fingerprint density at radius 1 is 1.28 bits per heavy atom. The van der Waals surface area contributed by atoms with Crippen molar-refractivity contribution in [2.75, 3.05) is 7.05 Å². The van der Waals surface area contributed by atoms with Crippen LogP contribution >= 0.6 is 11.3 Å². The van der Waals surface area contributed by atoms with Crippen LogP contribution in [0.1, 0.15) is 53.7 Å². The number of thiazole rings is 1. The van der Waals surface area contributed by atoms with E-state index in [1.54, 1.807) is 11.1 Å². The number of rotatable bonds is 4. The number of aryl methyl sites for hydroxylation is 1. The van der Waals surface area contributed by atoms with E-state index in [-0.39, 0.29) is 11.3 Å². The van der Waals surface area contributed by atoms with Gasteiger partial charge in [0.25, 0.3) is 5.91 Å². The summed E-state index contributed by atoms with van der Waals surface area (Å²) < 4.78 is 5.94. The number of furan rings is 1. The first kappa shape index (κ1) is 17.7. The van der Waals surface area contributed by atoms with E-state index in [2.05, 4.69) is 38.7 Å². The summed E-state index contributed by atoms with van der Waals surface area (Å²) in [5, 5.41) is 2.06. The van der Waals surface area contributed by atoms with Gasteiger partial charge in [-0.15, -0.1) is 11.3 Å². The van der Waals surface area contributed by atoms with Crippen molar-refractivity contribution in [3.8, 4) is 0 Å². The maximum Gasteiger partial charge on any atom is 0.265 e. The highest BCUT2D eigenvalue weighted by molar-refractivity contribution is 7.13. The van der Waals surface area contributed by atoms with E-state index in [1.165, 1.54) is 11.3 Å². The van der Waals surface area contributed by atoms with Gasteiger partial charge in [0, 0.05) is 36.4 Å². The minimum absolute atomic E-state index is 0.000309. The Labute approximate surface area is 152 Å². The molecule has 0 aliphatic carbocycles. The Morgan fingerprint density at radius 2 is 2.00 bits per heavy atom. The highest BCUT2D eigenvalue weighted by atomic mass is 32.1. The largest absolute Gasteiger partial charge is 0.461 e. The Morgan fingerprint density at radius 3 is 2.64 bits per heavy atom. The molecular formula is C20H24N2O2S. The molecule has 5 heteroatoms. The second-order valence-electron chi connectivity index (χ2n) is 7.29. The topological polar surface area (TPSA) is 46.3 Å². The summed E-state index contributed by atoms with van der Waals surface area (Å²) in [6.45, 7) is 8.92. The van der Waals surface area contributed by atoms with Crippen molar-refractivity contribution >= 4 is 28.2 Å². The molecule has 2 aromatic heterocycles. The summed E-state index contributed by atoms with van der Waals surface area (Å²) in [5.41, 5.74) is 1.93. The van der Waals surface area contributed by atoms with Crippen LogP contribution in [0.3, 0.4) is 0 Å². The van der Waals surface area contributed by atoms with Gasteiger partial charge < -0.3 is 9.32 Å². The Balaban J connectivity index is 1.86. The number of nitrogens with zero attached hydrogens (tertiary/aromatic N) is 2. The van der Waals surface area contributed by atoms with E-state index in [1.807, 2.05) is 25.2 Å². The molecule has 2 heterocycles. The summed E-state index contributed by atoms with van der Waals surface area (Å²) in [6, 6.07) is 7.99. The van der Waals surface area contributed by atoms with Gasteiger partial charge in [0.1, 0.15) is 16.2 Å². The number of benzene rings is 1. The van der Waals surface area contributed by atoms with Gasteiger partial charge in [0.05, 0.1) is 11.2 Å². The van der Waals surface area contributed by atoms with Crippen LogP contribution in [0.4, 0.5) is 0 Å². The minimum Gasteiger partial charge on any atom is -0.461 e. The van der Waals surface area contributed by atoms with E-state index in [4.69, 9.17) is 4.42 Å².